The Labute approximate surface area is 154 Å². The van der Waals surface area contributed by atoms with Crippen molar-refractivity contribution in [2.75, 3.05) is 52.5 Å². The van der Waals surface area contributed by atoms with Crippen LogP contribution in [0, 0.1) is 11.3 Å². The van der Waals surface area contributed by atoms with Crippen molar-refractivity contribution in [1.82, 2.24) is 14.7 Å². The highest BCUT2D eigenvalue weighted by atomic mass is 16.6. The Morgan fingerprint density at radius 3 is 2.12 bits per heavy atom. The first-order valence-corrected chi connectivity index (χ1v) is 8.56. The first kappa shape index (κ1) is 21.7. The van der Waals surface area contributed by atoms with E-state index in [0.717, 1.165) is 0 Å². The van der Waals surface area contributed by atoms with Crippen LogP contribution in [0.3, 0.4) is 0 Å². The van der Waals surface area contributed by atoms with Crippen LogP contribution in [0.1, 0.15) is 20.8 Å². The molecule has 9 heteroatoms. The molecular formula is C17H28N4O5. The zero-order valence-electron chi connectivity index (χ0n) is 15.6. The number of aliphatic hydroxyl groups excluding tert-OH is 2. The Hall–Kier alpha value is -2.31. The molecule has 0 aliphatic carbocycles. The zero-order valence-corrected chi connectivity index (χ0v) is 15.6. The van der Waals surface area contributed by atoms with Gasteiger partial charge in [0.25, 0.3) is 5.91 Å². The summed E-state index contributed by atoms with van der Waals surface area (Å²) in [5.41, 5.74) is -0.630. The molecule has 0 unspecified atom stereocenters. The molecule has 2 N–H and O–H groups in total. The fourth-order valence-corrected chi connectivity index (χ4v) is 2.40. The standard InChI is InChI=1S/C17H28N4O5/c1-17(2,3)26-16(25)21-6-4-19(5-7-21)13-14(12-18)15(24)20(8-10-22)9-11-23/h13,22-23H,4-11H2,1-3H3/b14-13-. The number of ether oxygens (including phenoxy) is 1. The summed E-state index contributed by atoms with van der Waals surface area (Å²) >= 11 is 0. The number of hydrogen-bond donors (Lipinski definition) is 2. The molecule has 26 heavy (non-hydrogen) atoms. The predicted molar refractivity (Wildman–Crippen MR) is 93.8 cm³/mol. The van der Waals surface area contributed by atoms with Gasteiger partial charge in [0.15, 0.2) is 0 Å². The van der Waals surface area contributed by atoms with Crippen molar-refractivity contribution < 1.29 is 24.5 Å². The molecule has 1 saturated heterocycles. The number of nitriles is 1. The van der Waals surface area contributed by atoms with E-state index in [4.69, 9.17) is 14.9 Å². The number of carbonyl (C=O) groups excluding carboxylic acids is 2. The molecule has 0 saturated carbocycles. The Bertz CT molecular complexity index is 550. The zero-order chi connectivity index (χ0) is 19.7. The van der Waals surface area contributed by atoms with E-state index in [1.54, 1.807) is 30.6 Å². The van der Waals surface area contributed by atoms with Crippen LogP contribution < -0.4 is 0 Å². The lowest BCUT2D eigenvalue weighted by molar-refractivity contribution is -0.127. The molecule has 0 aromatic rings. The minimum absolute atomic E-state index is 0.0465. The van der Waals surface area contributed by atoms with Crippen molar-refractivity contribution in [3.8, 4) is 6.07 Å². The van der Waals surface area contributed by atoms with Crippen LogP contribution in [-0.2, 0) is 9.53 Å². The highest BCUT2D eigenvalue weighted by molar-refractivity contribution is 5.97. The van der Waals surface area contributed by atoms with Gasteiger partial charge in [-0.05, 0) is 20.8 Å². The topological polar surface area (TPSA) is 117 Å². The third-order valence-electron chi connectivity index (χ3n) is 3.66. The number of aliphatic hydroxyl groups is 2. The molecule has 0 spiro atoms. The number of nitrogens with zero attached hydrogens (tertiary/aromatic N) is 4. The number of rotatable bonds is 6. The maximum atomic E-state index is 12.4. The number of piperazine rings is 1. The second kappa shape index (κ2) is 9.99. The minimum atomic E-state index is -0.558. The molecule has 1 heterocycles. The lowest BCUT2D eigenvalue weighted by atomic mass is 10.2. The molecule has 146 valence electrons. The summed E-state index contributed by atoms with van der Waals surface area (Å²) in [5, 5.41) is 27.3. The van der Waals surface area contributed by atoms with Gasteiger partial charge in [-0.3, -0.25) is 4.79 Å². The SMILES string of the molecule is CC(C)(C)OC(=O)N1CCN(/C=C(/C#N)C(=O)N(CCO)CCO)CC1. The van der Waals surface area contributed by atoms with Crippen LogP contribution in [-0.4, -0.2) is 95.0 Å². The van der Waals surface area contributed by atoms with Gasteiger partial charge in [0.2, 0.25) is 0 Å². The van der Waals surface area contributed by atoms with Crippen molar-refractivity contribution in [2.45, 2.75) is 26.4 Å². The summed E-state index contributed by atoms with van der Waals surface area (Å²) in [4.78, 5) is 29.0. The van der Waals surface area contributed by atoms with Gasteiger partial charge in [0, 0.05) is 45.5 Å². The van der Waals surface area contributed by atoms with Gasteiger partial charge in [-0.25, -0.2) is 4.79 Å². The van der Waals surface area contributed by atoms with E-state index in [0.29, 0.717) is 26.2 Å². The van der Waals surface area contributed by atoms with Crippen molar-refractivity contribution >= 4 is 12.0 Å². The second-order valence-corrected chi connectivity index (χ2v) is 6.90. The number of hydrogen-bond acceptors (Lipinski definition) is 7. The predicted octanol–water partition coefficient (Wildman–Crippen LogP) is -0.240. The van der Waals surface area contributed by atoms with E-state index in [1.165, 1.54) is 11.1 Å². The highest BCUT2D eigenvalue weighted by Crippen LogP contribution is 2.13. The van der Waals surface area contributed by atoms with E-state index < -0.39 is 11.5 Å². The summed E-state index contributed by atoms with van der Waals surface area (Å²) in [6.07, 6.45) is 1.09. The fraction of sp³-hybridized carbons (Fsp3) is 0.706. The molecule has 0 atom stereocenters. The third-order valence-corrected chi connectivity index (χ3v) is 3.66. The van der Waals surface area contributed by atoms with Crippen LogP contribution >= 0.6 is 0 Å². The van der Waals surface area contributed by atoms with E-state index in [-0.39, 0.29) is 38.0 Å². The smallest absolute Gasteiger partial charge is 0.410 e. The Kier molecular flexibility index (Phi) is 8.35. The fourth-order valence-electron chi connectivity index (χ4n) is 2.40. The Morgan fingerprint density at radius 1 is 1.15 bits per heavy atom. The molecule has 9 nitrogen and oxygen atoms in total. The van der Waals surface area contributed by atoms with Crippen LogP contribution in [0.15, 0.2) is 11.8 Å². The van der Waals surface area contributed by atoms with Gasteiger partial charge < -0.3 is 29.6 Å². The molecule has 2 amide bonds. The van der Waals surface area contributed by atoms with Crippen molar-refractivity contribution in [1.29, 1.82) is 5.26 Å². The average Bonchev–Trinajstić information content (AvgIpc) is 2.58. The first-order chi connectivity index (χ1) is 12.2. The molecular weight excluding hydrogens is 340 g/mol. The van der Waals surface area contributed by atoms with Gasteiger partial charge >= 0.3 is 6.09 Å². The lowest BCUT2D eigenvalue weighted by Crippen LogP contribution is -2.48. The maximum absolute atomic E-state index is 12.4. The quantitative estimate of drug-likeness (QED) is 0.491. The summed E-state index contributed by atoms with van der Waals surface area (Å²) in [7, 11) is 0. The van der Waals surface area contributed by atoms with Crippen LogP contribution in [0.25, 0.3) is 0 Å². The summed E-state index contributed by atoms with van der Waals surface area (Å²) < 4.78 is 5.33. The lowest BCUT2D eigenvalue weighted by Gasteiger charge is -2.35. The van der Waals surface area contributed by atoms with Crippen molar-refractivity contribution in [2.24, 2.45) is 0 Å². The normalized spacial score (nSPS) is 15.5. The largest absolute Gasteiger partial charge is 0.444 e. The van der Waals surface area contributed by atoms with Gasteiger partial charge in [-0.1, -0.05) is 0 Å². The van der Waals surface area contributed by atoms with E-state index in [9.17, 15) is 14.9 Å². The average molecular weight is 368 g/mol. The van der Waals surface area contributed by atoms with Crippen LogP contribution in [0.4, 0.5) is 4.79 Å². The maximum Gasteiger partial charge on any atom is 0.410 e. The van der Waals surface area contributed by atoms with Crippen LogP contribution in [0.5, 0.6) is 0 Å². The number of amides is 2. The summed E-state index contributed by atoms with van der Waals surface area (Å²) in [6.45, 7) is 6.80. The van der Waals surface area contributed by atoms with Crippen LogP contribution in [0.2, 0.25) is 0 Å². The monoisotopic (exact) mass is 368 g/mol. The molecule has 0 radical (unpaired) electrons. The summed E-state index contributed by atoms with van der Waals surface area (Å²) in [5.74, 6) is -0.537. The molecule has 1 aliphatic heterocycles. The van der Waals surface area contributed by atoms with E-state index in [2.05, 4.69) is 0 Å². The summed E-state index contributed by atoms with van der Waals surface area (Å²) in [6, 6.07) is 1.87. The Morgan fingerprint density at radius 2 is 1.69 bits per heavy atom. The minimum Gasteiger partial charge on any atom is -0.444 e. The van der Waals surface area contributed by atoms with Crippen molar-refractivity contribution in [3.63, 3.8) is 0 Å². The van der Waals surface area contributed by atoms with E-state index in [1.807, 2.05) is 6.07 Å². The molecule has 1 rings (SSSR count). The highest BCUT2D eigenvalue weighted by Gasteiger charge is 2.26. The molecule has 1 fully saturated rings. The first-order valence-electron chi connectivity index (χ1n) is 8.56. The van der Waals surface area contributed by atoms with Gasteiger partial charge in [0.1, 0.15) is 17.2 Å². The molecule has 0 aromatic carbocycles. The van der Waals surface area contributed by atoms with Crippen molar-refractivity contribution in [3.05, 3.63) is 11.8 Å². The number of carbonyl (C=O) groups is 2. The van der Waals surface area contributed by atoms with Gasteiger partial charge in [0.05, 0.1) is 13.2 Å². The molecule has 0 aromatic heterocycles. The van der Waals surface area contributed by atoms with Gasteiger partial charge in [-0.2, -0.15) is 5.26 Å². The van der Waals surface area contributed by atoms with E-state index >= 15 is 0 Å². The Balaban J connectivity index is 2.68. The van der Waals surface area contributed by atoms with Gasteiger partial charge in [-0.15, -0.1) is 0 Å². The third kappa shape index (κ3) is 6.90. The molecule has 1 aliphatic rings. The molecule has 0 bridgehead atoms. The second-order valence-electron chi connectivity index (χ2n) is 6.90.